The van der Waals surface area contributed by atoms with Crippen LogP contribution in [-0.4, -0.2) is 52.7 Å². The molecule has 0 radical (unpaired) electrons. The van der Waals surface area contributed by atoms with Crippen molar-refractivity contribution in [2.24, 2.45) is 20.7 Å². The average molecular weight is 251 g/mol. The molecule has 1 aliphatic heterocycles. The quantitative estimate of drug-likeness (QED) is 0.559. The smallest absolute Gasteiger partial charge is 0.135 e. The summed E-state index contributed by atoms with van der Waals surface area (Å²) in [4.78, 5) is 12.1. The second-order valence-corrected chi connectivity index (χ2v) is 3.06. The number of rotatable bonds is 4. The van der Waals surface area contributed by atoms with Crippen LogP contribution in [0.2, 0.25) is 0 Å². The van der Waals surface area contributed by atoms with Gasteiger partial charge >= 0.3 is 0 Å². The van der Waals surface area contributed by atoms with Crippen LogP contribution in [0.3, 0.4) is 0 Å². The minimum Gasteiger partial charge on any atom is -0.383 e. The normalized spacial score (nSPS) is 20.6. The van der Waals surface area contributed by atoms with Gasteiger partial charge in [0.1, 0.15) is 11.7 Å². The maximum absolute atomic E-state index is 4.92. The Morgan fingerprint density at radius 2 is 2.17 bits per heavy atom. The summed E-state index contributed by atoms with van der Waals surface area (Å²) in [5, 5.41) is 3.10. The monoisotopic (exact) mass is 251 g/mol. The van der Waals surface area contributed by atoms with E-state index in [0.717, 1.165) is 17.2 Å². The van der Waals surface area contributed by atoms with Crippen molar-refractivity contribution < 1.29 is 4.74 Å². The van der Waals surface area contributed by atoms with Crippen LogP contribution in [0.15, 0.2) is 38.9 Å². The molecule has 0 saturated carbocycles. The van der Waals surface area contributed by atoms with Crippen molar-refractivity contribution in [1.29, 1.82) is 0 Å². The first-order valence-electron chi connectivity index (χ1n) is 5.51. The Bertz CT molecular complexity index is 369. The van der Waals surface area contributed by atoms with E-state index in [4.69, 9.17) is 4.74 Å². The molecule has 0 spiro atoms. The van der Waals surface area contributed by atoms with Crippen LogP contribution < -0.4 is 11.1 Å². The summed E-state index contributed by atoms with van der Waals surface area (Å²) in [6.07, 6.45) is 5.43. The van der Waals surface area contributed by atoms with Gasteiger partial charge in [0.25, 0.3) is 0 Å². The molecule has 0 unspecified atom stereocenters. The zero-order valence-corrected chi connectivity index (χ0v) is 11.2. The highest BCUT2D eigenvalue weighted by atomic mass is 16.5. The lowest BCUT2D eigenvalue weighted by Gasteiger charge is -2.14. The van der Waals surface area contributed by atoms with E-state index >= 15 is 0 Å². The summed E-state index contributed by atoms with van der Waals surface area (Å²) in [5.74, 6) is 1.52. The molecule has 0 fully saturated rings. The fourth-order valence-electron chi connectivity index (χ4n) is 1.22. The Hall–Kier alpha value is -1.79. The number of amidine groups is 2. The predicted molar refractivity (Wildman–Crippen MR) is 77.6 cm³/mol. The number of nitrogens with two attached hydrogens (primary N) is 1. The molecule has 0 amide bonds. The van der Waals surface area contributed by atoms with E-state index in [1.165, 1.54) is 7.05 Å². The van der Waals surface area contributed by atoms with Crippen molar-refractivity contribution in [2.45, 2.75) is 0 Å². The molecular formula is C12H21N5O. The molecule has 1 aliphatic rings. The molecular weight excluding hydrogens is 230 g/mol. The van der Waals surface area contributed by atoms with Crippen LogP contribution in [0.25, 0.3) is 0 Å². The second-order valence-electron chi connectivity index (χ2n) is 3.06. The third kappa shape index (κ3) is 5.51. The van der Waals surface area contributed by atoms with Gasteiger partial charge in [0.05, 0.1) is 13.2 Å². The van der Waals surface area contributed by atoms with Crippen molar-refractivity contribution in [1.82, 2.24) is 5.32 Å². The largest absolute Gasteiger partial charge is 0.383 e. The van der Waals surface area contributed by atoms with Crippen LogP contribution in [0.1, 0.15) is 0 Å². The summed E-state index contributed by atoms with van der Waals surface area (Å²) in [5.41, 5.74) is 5.39. The Morgan fingerprint density at radius 3 is 2.72 bits per heavy atom. The highest BCUT2D eigenvalue weighted by molar-refractivity contribution is 6.17. The van der Waals surface area contributed by atoms with Crippen molar-refractivity contribution in [3.05, 3.63) is 23.9 Å². The molecule has 1 rings (SSSR count). The van der Waals surface area contributed by atoms with Crippen molar-refractivity contribution in [2.75, 3.05) is 34.4 Å². The molecule has 100 valence electrons. The van der Waals surface area contributed by atoms with E-state index in [9.17, 15) is 0 Å². The Kier molecular flexibility index (Phi) is 9.34. The summed E-state index contributed by atoms with van der Waals surface area (Å²) in [6.45, 7) is 4.64. The lowest BCUT2D eigenvalue weighted by atomic mass is 10.2. The number of ether oxygens (including phenoxy) is 1. The molecule has 0 aliphatic carbocycles. The molecule has 3 N–H and O–H groups in total. The van der Waals surface area contributed by atoms with E-state index < -0.39 is 0 Å². The van der Waals surface area contributed by atoms with E-state index in [-0.39, 0.29) is 0 Å². The van der Waals surface area contributed by atoms with E-state index in [2.05, 4.69) is 32.7 Å². The minimum absolute atomic E-state index is 0.606. The molecule has 18 heavy (non-hydrogen) atoms. The fourth-order valence-corrected chi connectivity index (χ4v) is 1.22. The van der Waals surface area contributed by atoms with Crippen LogP contribution in [0.4, 0.5) is 0 Å². The van der Waals surface area contributed by atoms with Gasteiger partial charge in [-0.1, -0.05) is 0 Å². The maximum Gasteiger partial charge on any atom is 0.135 e. The third-order valence-corrected chi connectivity index (χ3v) is 1.97. The van der Waals surface area contributed by atoms with Gasteiger partial charge in [0.15, 0.2) is 0 Å². The molecule has 0 atom stereocenters. The van der Waals surface area contributed by atoms with Gasteiger partial charge in [-0.3, -0.25) is 15.0 Å². The van der Waals surface area contributed by atoms with Crippen LogP contribution in [0, 0.1) is 0 Å². The van der Waals surface area contributed by atoms with Gasteiger partial charge in [-0.05, 0) is 25.9 Å². The SMILES string of the molecule is C=N/C=C1/C=CC(=NCCOC)NC1=NC.CN. The molecule has 1 heterocycles. The topological polar surface area (TPSA) is 84.4 Å². The average Bonchev–Trinajstić information content (AvgIpc) is 2.43. The summed E-state index contributed by atoms with van der Waals surface area (Å²) < 4.78 is 4.92. The standard InChI is InChI=1S/C11H16N4O.CH5N/c1-12-8-9-4-5-10(14-6-7-16-3)15-11(9)13-2;1-2/h4-5,8H,1,6-7H2,2-3H3,(H,13,14,15);2H2,1H3/b9-8-;. The zero-order chi connectivity index (χ0) is 13.8. The van der Waals surface area contributed by atoms with E-state index in [1.807, 2.05) is 12.2 Å². The Balaban J connectivity index is 0.00000137. The van der Waals surface area contributed by atoms with Crippen molar-refractivity contribution >= 4 is 18.4 Å². The van der Waals surface area contributed by atoms with Gasteiger partial charge in [-0.2, -0.15) is 0 Å². The number of hydrogen-bond acceptors (Lipinski definition) is 5. The molecule has 0 saturated heterocycles. The predicted octanol–water partition coefficient (Wildman–Crippen LogP) is 0.378. The highest BCUT2D eigenvalue weighted by Crippen LogP contribution is 2.05. The highest BCUT2D eigenvalue weighted by Gasteiger charge is 2.10. The lowest BCUT2D eigenvalue weighted by Crippen LogP contribution is -2.33. The lowest BCUT2D eigenvalue weighted by molar-refractivity contribution is 0.208. The van der Waals surface area contributed by atoms with E-state index in [0.29, 0.717) is 13.2 Å². The number of nitrogens with zero attached hydrogens (tertiary/aromatic N) is 3. The molecule has 0 aromatic rings. The zero-order valence-electron chi connectivity index (χ0n) is 11.2. The van der Waals surface area contributed by atoms with Crippen LogP contribution >= 0.6 is 0 Å². The number of methoxy groups -OCH3 is 1. The molecule has 0 aromatic heterocycles. The van der Waals surface area contributed by atoms with Crippen molar-refractivity contribution in [3.8, 4) is 0 Å². The molecule has 0 bridgehead atoms. The molecule has 0 aromatic carbocycles. The number of hydrogen-bond donors (Lipinski definition) is 2. The van der Waals surface area contributed by atoms with Gasteiger partial charge in [-0.25, -0.2) is 0 Å². The summed E-state index contributed by atoms with van der Waals surface area (Å²) in [6, 6.07) is 0. The number of aliphatic imine (C=N–C) groups is 3. The fraction of sp³-hybridized carbons (Fsp3) is 0.417. The maximum atomic E-state index is 4.92. The van der Waals surface area contributed by atoms with Gasteiger partial charge in [-0.15, -0.1) is 0 Å². The first kappa shape index (κ1) is 16.2. The third-order valence-electron chi connectivity index (χ3n) is 1.97. The summed E-state index contributed by atoms with van der Waals surface area (Å²) >= 11 is 0. The summed E-state index contributed by atoms with van der Waals surface area (Å²) in [7, 11) is 4.87. The van der Waals surface area contributed by atoms with Crippen LogP contribution in [0.5, 0.6) is 0 Å². The Morgan fingerprint density at radius 1 is 1.44 bits per heavy atom. The van der Waals surface area contributed by atoms with Crippen molar-refractivity contribution in [3.63, 3.8) is 0 Å². The minimum atomic E-state index is 0.606. The molecule has 6 heteroatoms. The first-order valence-corrected chi connectivity index (χ1v) is 5.51. The van der Waals surface area contributed by atoms with E-state index in [1.54, 1.807) is 20.4 Å². The first-order chi connectivity index (χ1) is 8.81. The van der Waals surface area contributed by atoms with Crippen LogP contribution in [-0.2, 0) is 4.74 Å². The molecule has 6 nitrogen and oxygen atoms in total. The van der Waals surface area contributed by atoms with Gasteiger partial charge in [0.2, 0.25) is 0 Å². The number of nitrogens with one attached hydrogen (secondary N) is 1. The van der Waals surface area contributed by atoms with Gasteiger partial charge < -0.3 is 15.8 Å². The second kappa shape index (κ2) is 10.4. The Labute approximate surface area is 108 Å². The van der Waals surface area contributed by atoms with Gasteiger partial charge in [0, 0.05) is 25.9 Å².